The Hall–Kier alpha value is -1.80. The number of aliphatic hydroxyl groups excluding tert-OH is 1. The van der Waals surface area contributed by atoms with Gasteiger partial charge < -0.3 is 24.4 Å². The van der Waals surface area contributed by atoms with Gasteiger partial charge in [0.15, 0.2) is 6.10 Å². The quantitative estimate of drug-likeness (QED) is 0.626. The summed E-state index contributed by atoms with van der Waals surface area (Å²) in [5.74, 6) is -0.290. The maximum atomic E-state index is 13.9. The predicted molar refractivity (Wildman–Crippen MR) is 101 cm³/mol. The molecule has 1 aliphatic carbocycles. The lowest BCUT2D eigenvalue weighted by Gasteiger charge is -2.54. The van der Waals surface area contributed by atoms with Gasteiger partial charge in [0.25, 0.3) is 5.91 Å². The van der Waals surface area contributed by atoms with Crippen LogP contribution in [0.2, 0.25) is 0 Å². The molecule has 29 heavy (non-hydrogen) atoms. The van der Waals surface area contributed by atoms with Crippen LogP contribution in [0.15, 0.2) is 24.3 Å². The summed E-state index contributed by atoms with van der Waals surface area (Å²) in [5, 5.41) is 11.0. The highest BCUT2D eigenvalue weighted by molar-refractivity contribution is 6.07. The number of likely N-dealkylation sites (N-methyl/N-ethyl adjacent to an activating group) is 1. The first kappa shape index (κ1) is 16.9. The lowest BCUT2D eigenvalue weighted by molar-refractivity contribution is -0.163. The summed E-state index contributed by atoms with van der Waals surface area (Å²) in [5.41, 5.74) is 0.574. The number of Topliss-reactive ketones (excluding diaryl/α,β-unsaturated/α-hetero) is 1. The largest absolute Gasteiger partial charge is 0.380 e. The van der Waals surface area contributed by atoms with E-state index < -0.39 is 23.2 Å². The standard InChI is InChI=1S/C22H24N2O5/c1-23-7-6-21-11-4-2-3-5-13(11)24-19(21)16-12(8-14(21)25)22(10-23)15(29-22)9-28-18(16)17(26)20(24)27/h2-5,12,15-19,26H,6-10H2,1H3. The van der Waals surface area contributed by atoms with E-state index in [2.05, 4.69) is 11.9 Å². The van der Waals surface area contributed by atoms with E-state index in [1.165, 1.54) is 0 Å². The normalized spacial score (nSPS) is 49.7. The molecule has 1 aromatic rings. The summed E-state index contributed by atoms with van der Waals surface area (Å²) < 4.78 is 12.4. The predicted octanol–water partition coefficient (Wildman–Crippen LogP) is 0.0912. The van der Waals surface area contributed by atoms with Gasteiger partial charge in [-0.05, 0) is 31.6 Å². The zero-order chi connectivity index (χ0) is 19.7. The summed E-state index contributed by atoms with van der Waals surface area (Å²) in [6, 6.07) is 7.47. The molecular formula is C22H24N2O5. The van der Waals surface area contributed by atoms with Crippen LogP contribution in [0, 0.1) is 11.8 Å². The van der Waals surface area contributed by atoms with Crippen molar-refractivity contribution in [3.8, 4) is 0 Å². The van der Waals surface area contributed by atoms with Gasteiger partial charge in [-0.15, -0.1) is 0 Å². The van der Waals surface area contributed by atoms with Gasteiger partial charge in [0.2, 0.25) is 0 Å². The number of benzene rings is 1. The van der Waals surface area contributed by atoms with Crippen molar-refractivity contribution in [3.05, 3.63) is 29.8 Å². The molecule has 5 saturated heterocycles. The third-order valence-corrected chi connectivity index (χ3v) is 8.66. The second-order valence-electron chi connectivity index (χ2n) is 9.74. The molecule has 8 atom stereocenters. The number of para-hydroxylation sites is 1. The smallest absolute Gasteiger partial charge is 0.258 e. The van der Waals surface area contributed by atoms with Crippen LogP contribution >= 0.6 is 0 Å². The number of carbonyl (C=O) groups excluding carboxylic acids is 2. The monoisotopic (exact) mass is 396 g/mol. The van der Waals surface area contributed by atoms with Gasteiger partial charge in [-0.2, -0.15) is 0 Å². The third-order valence-electron chi connectivity index (χ3n) is 8.66. The fourth-order valence-corrected chi connectivity index (χ4v) is 7.48. The van der Waals surface area contributed by atoms with Crippen LogP contribution in [0.5, 0.6) is 0 Å². The summed E-state index contributed by atoms with van der Waals surface area (Å²) in [4.78, 5) is 31.3. The average molecular weight is 396 g/mol. The molecule has 2 spiro atoms. The van der Waals surface area contributed by atoms with Gasteiger partial charge in [0, 0.05) is 30.5 Å². The average Bonchev–Trinajstić information content (AvgIpc) is 3.31. The van der Waals surface area contributed by atoms with Crippen LogP contribution in [0.25, 0.3) is 0 Å². The van der Waals surface area contributed by atoms with E-state index in [1.54, 1.807) is 4.90 Å². The highest BCUT2D eigenvalue weighted by Crippen LogP contribution is 2.64. The van der Waals surface area contributed by atoms with Crippen LogP contribution in [-0.2, 0) is 24.5 Å². The molecule has 6 fully saturated rings. The third kappa shape index (κ3) is 1.73. The Morgan fingerprint density at radius 3 is 2.93 bits per heavy atom. The number of ketones is 1. The zero-order valence-corrected chi connectivity index (χ0v) is 16.3. The van der Waals surface area contributed by atoms with Crippen molar-refractivity contribution in [3.63, 3.8) is 0 Å². The van der Waals surface area contributed by atoms with Crippen molar-refractivity contribution in [2.75, 3.05) is 31.6 Å². The SMILES string of the molecule is CN1CCC23C(=O)CC4C5C(OCC6OC64C1)C(O)C(=O)N(c1ccccc12)C53. The Morgan fingerprint density at radius 2 is 2.07 bits per heavy atom. The Labute approximate surface area is 168 Å². The number of anilines is 1. The maximum absolute atomic E-state index is 13.9. The molecule has 0 radical (unpaired) electrons. The topological polar surface area (TPSA) is 82.6 Å². The minimum Gasteiger partial charge on any atom is -0.380 e. The molecule has 8 unspecified atom stereocenters. The van der Waals surface area contributed by atoms with Crippen LogP contribution < -0.4 is 4.90 Å². The minimum absolute atomic E-state index is 0.0502. The summed E-state index contributed by atoms with van der Waals surface area (Å²) >= 11 is 0. The first-order valence-electron chi connectivity index (χ1n) is 10.6. The first-order valence-corrected chi connectivity index (χ1v) is 10.6. The highest BCUT2D eigenvalue weighted by atomic mass is 16.6. The fraction of sp³-hybridized carbons (Fsp3) is 0.636. The molecule has 4 bridgehead atoms. The number of hydrogen-bond donors (Lipinski definition) is 1. The Morgan fingerprint density at radius 1 is 1.24 bits per heavy atom. The van der Waals surface area contributed by atoms with Crippen molar-refractivity contribution in [1.29, 1.82) is 0 Å². The Bertz CT molecular complexity index is 966. The number of fused-ring (bicyclic) bond motifs is 6. The fourth-order valence-electron chi connectivity index (χ4n) is 7.48. The highest BCUT2D eigenvalue weighted by Gasteiger charge is 2.76. The lowest BCUT2D eigenvalue weighted by Crippen LogP contribution is -2.71. The lowest BCUT2D eigenvalue weighted by atomic mass is 9.54. The maximum Gasteiger partial charge on any atom is 0.258 e. The van der Waals surface area contributed by atoms with Crippen LogP contribution in [-0.4, -0.2) is 78.4 Å². The van der Waals surface area contributed by atoms with E-state index in [9.17, 15) is 14.7 Å². The van der Waals surface area contributed by atoms with E-state index in [1.807, 2.05) is 24.3 Å². The van der Waals surface area contributed by atoms with Crippen molar-refractivity contribution >= 4 is 17.4 Å². The van der Waals surface area contributed by atoms with Crippen LogP contribution in [0.1, 0.15) is 18.4 Å². The van der Waals surface area contributed by atoms with E-state index in [0.717, 1.165) is 24.3 Å². The van der Waals surface area contributed by atoms with Crippen molar-refractivity contribution < 1.29 is 24.2 Å². The van der Waals surface area contributed by atoms with Crippen molar-refractivity contribution in [2.45, 2.75) is 48.2 Å². The van der Waals surface area contributed by atoms with Crippen LogP contribution in [0.3, 0.4) is 0 Å². The number of rotatable bonds is 0. The summed E-state index contributed by atoms with van der Waals surface area (Å²) in [6.45, 7) is 1.90. The number of nitrogens with zero attached hydrogens (tertiary/aromatic N) is 2. The second kappa shape index (κ2) is 5.09. The molecule has 8 rings (SSSR count). The number of aliphatic hydroxyl groups is 1. The van der Waals surface area contributed by atoms with E-state index in [4.69, 9.17) is 9.47 Å². The molecule has 1 aromatic carbocycles. The van der Waals surface area contributed by atoms with Gasteiger partial charge in [0.1, 0.15) is 17.5 Å². The number of amides is 1. The molecule has 1 amide bonds. The summed E-state index contributed by atoms with van der Waals surface area (Å²) in [6.07, 6.45) is -0.760. The number of piperidine rings is 1. The number of epoxide rings is 1. The summed E-state index contributed by atoms with van der Waals surface area (Å²) in [7, 11) is 2.09. The minimum atomic E-state index is -1.20. The zero-order valence-electron chi connectivity index (χ0n) is 16.3. The van der Waals surface area contributed by atoms with E-state index in [0.29, 0.717) is 19.4 Å². The van der Waals surface area contributed by atoms with E-state index in [-0.39, 0.29) is 35.7 Å². The molecule has 7 heteroatoms. The van der Waals surface area contributed by atoms with Gasteiger partial charge in [-0.1, -0.05) is 18.2 Å². The molecule has 1 N–H and O–H groups in total. The number of ether oxygens (including phenoxy) is 2. The van der Waals surface area contributed by atoms with Gasteiger partial charge >= 0.3 is 0 Å². The second-order valence-corrected chi connectivity index (χ2v) is 9.74. The molecule has 6 aliphatic heterocycles. The molecule has 1 saturated carbocycles. The Balaban J connectivity index is 1.54. The van der Waals surface area contributed by atoms with Crippen LogP contribution in [0.4, 0.5) is 5.69 Å². The number of carbonyl (C=O) groups is 2. The molecular weight excluding hydrogens is 372 g/mol. The molecule has 7 nitrogen and oxygen atoms in total. The van der Waals surface area contributed by atoms with Crippen molar-refractivity contribution in [1.82, 2.24) is 4.90 Å². The molecule has 7 aliphatic rings. The van der Waals surface area contributed by atoms with Gasteiger partial charge in [-0.25, -0.2) is 0 Å². The van der Waals surface area contributed by atoms with Crippen molar-refractivity contribution in [2.24, 2.45) is 11.8 Å². The molecule has 0 aromatic heterocycles. The molecule has 152 valence electrons. The van der Waals surface area contributed by atoms with E-state index >= 15 is 0 Å². The first-order chi connectivity index (χ1) is 14.0. The molecule has 6 heterocycles. The van der Waals surface area contributed by atoms with Gasteiger partial charge in [0.05, 0.1) is 24.2 Å². The van der Waals surface area contributed by atoms with Gasteiger partial charge in [-0.3, -0.25) is 9.59 Å². The Kier molecular flexibility index (Phi) is 2.97. The number of hydrogen-bond acceptors (Lipinski definition) is 6.